The van der Waals surface area contributed by atoms with Gasteiger partial charge in [0.05, 0.1) is 14.2 Å². The van der Waals surface area contributed by atoms with Gasteiger partial charge in [0.1, 0.15) is 35.5 Å². The molecular formula is C24H30ClNO7. The molecule has 0 aliphatic heterocycles. The average molecular weight is 480 g/mol. The summed E-state index contributed by atoms with van der Waals surface area (Å²) in [6.45, 7) is 5.18. The number of methoxy groups -OCH3 is 2. The van der Waals surface area contributed by atoms with Crippen molar-refractivity contribution >= 4 is 23.7 Å². The van der Waals surface area contributed by atoms with Crippen LogP contribution in [0.3, 0.4) is 0 Å². The van der Waals surface area contributed by atoms with E-state index in [0.717, 1.165) is 5.56 Å². The van der Waals surface area contributed by atoms with Crippen LogP contribution in [0.4, 0.5) is 4.79 Å². The maximum absolute atomic E-state index is 12.9. The standard InChI is InChI=1S/C24H30ClNO7/c1-24(2,3)33-23(28)26-20(12-16-6-9-18(10-7-16)32-15-25)22(27)31-14-17-8-11-19(29-4)13-21(17)30-5/h6-11,13,20H,12,14-15H2,1-5H3,(H,26,28)/t20-/m1/s1. The number of carbonyl (C=O) groups excluding carboxylic acids is 2. The average Bonchev–Trinajstić information content (AvgIpc) is 2.77. The van der Waals surface area contributed by atoms with E-state index in [1.54, 1.807) is 70.3 Å². The maximum atomic E-state index is 12.9. The first kappa shape index (κ1) is 26.1. The second-order valence-electron chi connectivity index (χ2n) is 8.09. The number of amides is 1. The summed E-state index contributed by atoms with van der Waals surface area (Å²) in [4.78, 5) is 25.3. The smallest absolute Gasteiger partial charge is 0.408 e. The predicted molar refractivity (Wildman–Crippen MR) is 124 cm³/mol. The van der Waals surface area contributed by atoms with Gasteiger partial charge < -0.3 is 29.0 Å². The van der Waals surface area contributed by atoms with Gasteiger partial charge >= 0.3 is 12.1 Å². The second-order valence-corrected chi connectivity index (χ2v) is 8.30. The number of alkyl carbamates (subject to hydrolysis) is 1. The molecule has 0 aliphatic rings. The van der Waals surface area contributed by atoms with Gasteiger partial charge in [0.2, 0.25) is 0 Å². The number of rotatable bonds is 10. The molecule has 0 aliphatic carbocycles. The molecule has 0 spiro atoms. The van der Waals surface area contributed by atoms with Crippen molar-refractivity contribution in [1.29, 1.82) is 0 Å². The first-order valence-electron chi connectivity index (χ1n) is 10.3. The third kappa shape index (κ3) is 8.73. The molecule has 2 aromatic carbocycles. The summed E-state index contributed by atoms with van der Waals surface area (Å²) in [5.41, 5.74) is 0.734. The minimum absolute atomic E-state index is 0.0311. The van der Waals surface area contributed by atoms with Crippen LogP contribution in [0.2, 0.25) is 0 Å². The lowest BCUT2D eigenvalue weighted by molar-refractivity contribution is -0.147. The summed E-state index contributed by atoms with van der Waals surface area (Å²) in [5.74, 6) is 1.13. The van der Waals surface area contributed by atoms with Crippen molar-refractivity contribution in [3.63, 3.8) is 0 Å². The second kappa shape index (κ2) is 12.2. The Kier molecular flexibility index (Phi) is 9.66. The number of esters is 1. The van der Waals surface area contributed by atoms with Gasteiger partial charge in [-0.3, -0.25) is 0 Å². The molecule has 0 unspecified atom stereocenters. The van der Waals surface area contributed by atoms with E-state index in [4.69, 9.17) is 35.3 Å². The van der Waals surface area contributed by atoms with E-state index in [2.05, 4.69) is 5.32 Å². The van der Waals surface area contributed by atoms with E-state index < -0.39 is 23.7 Å². The molecule has 0 saturated heterocycles. The number of hydrogen-bond donors (Lipinski definition) is 1. The van der Waals surface area contributed by atoms with Crippen LogP contribution in [0.25, 0.3) is 0 Å². The summed E-state index contributed by atoms with van der Waals surface area (Å²) < 4.78 is 26.6. The Morgan fingerprint density at radius 1 is 1.00 bits per heavy atom. The van der Waals surface area contributed by atoms with E-state index in [9.17, 15) is 9.59 Å². The van der Waals surface area contributed by atoms with Gasteiger partial charge in [-0.1, -0.05) is 23.7 Å². The van der Waals surface area contributed by atoms with Crippen LogP contribution in [0.1, 0.15) is 31.9 Å². The summed E-state index contributed by atoms with van der Waals surface area (Å²) >= 11 is 5.57. The molecule has 0 heterocycles. The first-order valence-corrected chi connectivity index (χ1v) is 10.8. The van der Waals surface area contributed by atoms with Gasteiger partial charge in [-0.2, -0.15) is 0 Å². The highest BCUT2D eigenvalue weighted by Gasteiger charge is 2.26. The lowest BCUT2D eigenvalue weighted by Gasteiger charge is -2.23. The van der Waals surface area contributed by atoms with Gasteiger partial charge in [0.25, 0.3) is 0 Å². The molecule has 1 atom stereocenters. The summed E-state index contributed by atoms with van der Waals surface area (Å²) in [5, 5.41) is 2.61. The van der Waals surface area contributed by atoms with Gasteiger partial charge in [-0.05, 0) is 50.6 Å². The molecule has 0 radical (unpaired) electrons. The van der Waals surface area contributed by atoms with Gasteiger partial charge in [-0.15, -0.1) is 0 Å². The number of benzene rings is 2. The number of alkyl halides is 1. The van der Waals surface area contributed by atoms with Crippen molar-refractivity contribution in [3.05, 3.63) is 53.6 Å². The highest BCUT2D eigenvalue weighted by molar-refractivity contribution is 6.17. The number of hydrogen-bond acceptors (Lipinski definition) is 7. The molecule has 0 bridgehead atoms. The van der Waals surface area contributed by atoms with Crippen LogP contribution in [0.5, 0.6) is 17.2 Å². The lowest BCUT2D eigenvalue weighted by atomic mass is 10.1. The van der Waals surface area contributed by atoms with Crippen LogP contribution in [-0.2, 0) is 27.3 Å². The fourth-order valence-corrected chi connectivity index (χ4v) is 3.01. The summed E-state index contributed by atoms with van der Waals surface area (Å²) in [7, 11) is 3.07. The van der Waals surface area contributed by atoms with E-state index in [0.29, 0.717) is 22.8 Å². The Balaban J connectivity index is 2.14. The maximum Gasteiger partial charge on any atom is 0.408 e. The highest BCUT2D eigenvalue weighted by atomic mass is 35.5. The van der Waals surface area contributed by atoms with Crippen LogP contribution >= 0.6 is 11.6 Å². The van der Waals surface area contributed by atoms with E-state index in [-0.39, 0.29) is 19.1 Å². The van der Waals surface area contributed by atoms with Gasteiger partial charge in [-0.25, -0.2) is 9.59 Å². The molecule has 0 saturated carbocycles. The molecular weight excluding hydrogens is 450 g/mol. The van der Waals surface area contributed by atoms with Crippen LogP contribution in [0.15, 0.2) is 42.5 Å². The monoisotopic (exact) mass is 479 g/mol. The zero-order valence-corrected chi connectivity index (χ0v) is 20.2. The van der Waals surface area contributed by atoms with Crippen molar-refractivity contribution in [2.24, 2.45) is 0 Å². The minimum Gasteiger partial charge on any atom is -0.497 e. The molecule has 2 rings (SSSR count). The van der Waals surface area contributed by atoms with Crippen molar-refractivity contribution in [1.82, 2.24) is 5.32 Å². The Bertz CT molecular complexity index is 925. The highest BCUT2D eigenvalue weighted by Crippen LogP contribution is 2.25. The molecule has 1 N–H and O–H groups in total. The lowest BCUT2D eigenvalue weighted by Crippen LogP contribution is -2.45. The number of nitrogens with one attached hydrogen (secondary N) is 1. The van der Waals surface area contributed by atoms with Crippen LogP contribution in [-0.4, -0.2) is 44.0 Å². The van der Waals surface area contributed by atoms with Crippen LogP contribution in [0, 0.1) is 0 Å². The SMILES string of the molecule is COc1ccc(COC(=O)[C@@H](Cc2ccc(OCCl)cc2)NC(=O)OC(C)(C)C)c(OC)c1. The minimum atomic E-state index is -0.969. The fourth-order valence-electron chi connectivity index (χ4n) is 2.88. The number of carbonyl (C=O) groups is 2. The zero-order valence-electron chi connectivity index (χ0n) is 19.5. The van der Waals surface area contributed by atoms with Crippen molar-refractivity contribution in [2.45, 2.75) is 45.4 Å². The van der Waals surface area contributed by atoms with Gasteiger partial charge in [0, 0.05) is 18.1 Å². The van der Waals surface area contributed by atoms with Crippen molar-refractivity contribution in [2.75, 3.05) is 20.3 Å². The van der Waals surface area contributed by atoms with Gasteiger partial charge in [0.15, 0.2) is 6.07 Å². The Morgan fingerprint density at radius 2 is 1.67 bits per heavy atom. The van der Waals surface area contributed by atoms with Crippen LogP contribution < -0.4 is 19.5 Å². The number of halogens is 1. The van der Waals surface area contributed by atoms with E-state index in [1.165, 1.54) is 7.11 Å². The summed E-state index contributed by atoms with van der Waals surface area (Å²) in [6.07, 6.45) is -0.521. The normalized spacial score (nSPS) is 11.8. The van der Waals surface area contributed by atoms with E-state index >= 15 is 0 Å². The topological polar surface area (TPSA) is 92.3 Å². The fraction of sp³-hybridized carbons (Fsp3) is 0.417. The van der Waals surface area contributed by atoms with E-state index in [1.807, 2.05) is 0 Å². The molecule has 33 heavy (non-hydrogen) atoms. The molecule has 2 aromatic rings. The molecule has 180 valence electrons. The third-order valence-electron chi connectivity index (χ3n) is 4.42. The molecule has 0 aromatic heterocycles. The van der Waals surface area contributed by atoms with Crippen molar-refractivity contribution in [3.8, 4) is 17.2 Å². The Labute approximate surface area is 199 Å². The first-order chi connectivity index (χ1) is 15.6. The van der Waals surface area contributed by atoms with Crippen molar-refractivity contribution < 1.29 is 33.3 Å². The largest absolute Gasteiger partial charge is 0.497 e. The molecule has 0 fully saturated rings. The molecule has 8 nitrogen and oxygen atoms in total. The molecule has 1 amide bonds. The Morgan fingerprint density at radius 3 is 2.24 bits per heavy atom. The predicted octanol–water partition coefficient (Wildman–Crippen LogP) is 4.46. The number of ether oxygens (including phenoxy) is 5. The third-order valence-corrected chi connectivity index (χ3v) is 4.53. The summed E-state index contributed by atoms with van der Waals surface area (Å²) in [6, 6.07) is 11.3. The Hall–Kier alpha value is -3.13. The quantitative estimate of drug-likeness (QED) is 0.397. The zero-order chi connectivity index (χ0) is 24.4. The molecule has 9 heteroatoms.